The van der Waals surface area contributed by atoms with Gasteiger partial charge in [0.25, 0.3) is 0 Å². The van der Waals surface area contributed by atoms with E-state index in [0.717, 1.165) is 0 Å². The Bertz CT molecular complexity index is 207. The van der Waals surface area contributed by atoms with Gasteiger partial charge < -0.3 is 4.90 Å². The molecule has 2 atom stereocenters. The Morgan fingerprint density at radius 2 is 2.20 bits per heavy atom. The highest BCUT2D eigenvalue weighted by Crippen LogP contribution is 2.37. The first-order chi connectivity index (χ1) is 4.72. The largest absolute Gasteiger partial charge is 0.332 e. The molecule has 1 amide bonds. The molecule has 2 rings (SSSR count). The lowest BCUT2D eigenvalue weighted by Crippen LogP contribution is -2.65. The van der Waals surface area contributed by atoms with Crippen LogP contribution in [0.1, 0.15) is 13.8 Å². The first kappa shape index (κ1) is 5.96. The highest BCUT2D eigenvalue weighted by molar-refractivity contribution is 5.91. The van der Waals surface area contributed by atoms with E-state index in [4.69, 9.17) is 0 Å². The van der Waals surface area contributed by atoms with Crippen molar-refractivity contribution in [3.05, 3.63) is 12.2 Å². The Hall–Kier alpha value is -0.790. The van der Waals surface area contributed by atoms with Gasteiger partial charge in [0.2, 0.25) is 5.91 Å². The number of fused-ring (bicyclic) bond motifs is 1. The van der Waals surface area contributed by atoms with Crippen molar-refractivity contribution in [2.75, 3.05) is 0 Å². The summed E-state index contributed by atoms with van der Waals surface area (Å²) in [5, 5.41) is 0. The Kier molecular flexibility index (Phi) is 0.967. The van der Waals surface area contributed by atoms with E-state index in [-0.39, 0.29) is 5.92 Å². The molecule has 0 unspecified atom stereocenters. The van der Waals surface area contributed by atoms with Gasteiger partial charge in [-0.05, 0) is 13.8 Å². The first-order valence-electron chi connectivity index (χ1n) is 3.72. The lowest BCUT2D eigenvalue weighted by molar-refractivity contribution is -0.154. The third kappa shape index (κ3) is 0.474. The number of rotatable bonds is 1. The summed E-state index contributed by atoms with van der Waals surface area (Å²) in [4.78, 5) is 13.1. The molecule has 1 aliphatic carbocycles. The molecule has 0 saturated carbocycles. The van der Waals surface area contributed by atoms with E-state index in [9.17, 15) is 4.79 Å². The van der Waals surface area contributed by atoms with Crippen molar-refractivity contribution in [1.82, 2.24) is 4.90 Å². The van der Waals surface area contributed by atoms with E-state index in [0.29, 0.717) is 18.0 Å². The average molecular weight is 137 g/mol. The normalized spacial score (nSPS) is 35.5. The van der Waals surface area contributed by atoms with Crippen LogP contribution in [-0.2, 0) is 4.79 Å². The molecule has 0 bridgehead atoms. The zero-order valence-corrected chi connectivity index (χ0v) is 6.24. The predicted molar refractivity (Wildman–Crippen MR) is 38.4 cm³/mol. The van der Waals surface area contributed by atoms with Gasteiger partial charge in [-0.1, -0.05) is 12.2 Å². The number of carbonyl (C=O) groups is 1. The summed E-state index contributed by atoms with van der Waals surface area (Å²) in [5.41, 5.74) is 0. The Morgan fingerprint density at radius 1 is 1.50 bits per heavy atom. The third-order valence-corrected chi connectivity index (χ3v) is 2.30. The van der Waals surface area contributed by atoms with Crippen LogP contribution in [0.3, 0.4) is 0 Å². The fraction of sp³-hybridized carbons (Fsp3) is 0.625. The Balaban J connectivity index is 2.14. The van der Waals surface area contributed by atoms with E-state index in [1.54, 1.807) is 0 Å². The summed E-state index contributed by atoms with van der Waals surface area (Å²) in [6.07, 6.45) is 4.10. The van der Waals surface area contributed by atoms with Crippen LogP contribution in [0.4, 0.5) is 0 Å². The zero-order valence-electron chi connectivity index (χ0n) is 6.24. The molecule has 0 aromatic rings. The molecule has 1 heterocycles. The van der Waals surface area contributed by atoms with Gasteiger partial charge in [0, 0.05) is 6.04 Å². The van der Waals surface area contributed by atoms with Gasteiger partial charge in [-0.3, -0.25) is 4.79 Å². The molecule has 0 radical (unpaired) electrons. The van der Waals surface area contributed by atoms with Crippen LogP contribution in [0.25, 0.3) is 0 Å². The van der Waals surface area contributed by atoms with Gasteiger partial charge >= 0.3 is 0 Å². The molecule has 1 fully saturated rings. The van der Waals surface area contributed by atoms with Gasteiger partial charge in [0.05, 0.1) is 12.0 Å². The van der Waals surface area contributed by atoms with Crippen LogP contribution < -0.4 is 0 Å². The fourth-order valence-electron chi connectivity index (χ4n) is 1.65. The second-order valence-electron chi connectivity index (χ2n) is 3.24. The summed E-state index contributed by atoms with van der Waals surface area (Å²) >= 11 is 0. The lowest BCUT2D eigenvalue weighted by Gasteiger charge is -2.51. The van der Waals surface area contributed by atoms with Crippen molar-refractivity contribution < 1.29 is 4.79 Å². The minimum absolute atomic E-state index is 0.252. The summed E-state index contributed by atoms with van der Waals surface area (Å²) in [5.74, 6) is 0.560. The number of carbonyl (C=O) groups excluding carboxylic acids is 1. The first-order valence-corrected chi connectivity index (χ1v) is 3.72. The number of hydrogen-bond donors (Lipinski definition) is 0. The van der Waals surface area contributed by atoms with Crippen LogP contribution in [0.5, 0.6) is 0 Å². The van der Waals surface area contributed by atoms with Crippen LogP contribution >= 0.6 is 0 Å². The highest BCUT2D eigenvalue weighted by atomic mass is 16.2. The maximum atomic E-state index is 11.1. The van der Waals surface area contributed by atoms with Crippen LogP contribution in [0.15, 0.2) is 12.2 Å². The standard InChI is InChI=1S/C8H11NO/c1-5(2)9-7-4-3-6(7)8(9)10/h3-7H,1-2H3/t6-,7+/m1/s1. The molecule has 2 nitrogen and oxygen atoms in total. The smallest absolute Gasteiger partial charge is 0.232 e. The number of likely N-dealkylation sites (tertiary alicyclic amines) is 1. The zero-order chi connectivity index (χ0) is 7.30. The van der Waals surface area contributed by atoms with Crippen molar-refractivity contribution in [3.63, 3.8) is 0 Å². The minimum Gasteiger partial charge on any atom is -0.332 e. The third-order valence-electron chi connectivity index (χ3n) is 2.30. The van der Waals surface area contributed by atoms with E-state index in [2.05, 4.69) is 19.9 Å². The van der Waals surface area contributed by atoms with Crippen LogP contribution in [-0.4, -0.2) is 22.9 Å². The average Bonchev–Trinajstić information content (AvgIpc) is 1.79. The minimum atomic E-state index is 0.252. The molecule has 2 aliphatic rings. The highest BCUT2D eigenvalue weighted by Gasteiger charge is 2.49. The summed E-state index contributed by atoms with van der Waals surface area (Å²) in [7, 11) is 0. The predicted octanol–water partition coefficient (Wildman–Crippen LogP) is 0.792. The van der Waals surface area contributed by atoms with Crippen molar-refractivity contribution in [3.8, 4) is 0 Å². The second kappa shape index (κ2) is 1.62. The number of amides is 1. The molecule has 0 aromatic carbocycles. The Morgan fingerprint density at radius 3 is 2.40 bits per heavy atom. The number of hydrogen-bond acceptors (Lipinski definition) is 1. The van der Waals surface area contributed by atoms with Gasteiger partial charge in [-0.15, -0.1) is 0 Å². The van der Waals surface area contributed by atoms with E-state index < -0.39 is 0 Å². The quantitative estimate of drug-likeness (QED) is 0.386. The Labute approximate surface area is 60.5 Å². The molecule has 0 N–H and O–H groups in total. The van der Waals surface area contributed by atoms with Crippen molar-refractivity contribution in [2.45, 2.75) is 25.9 Å². The molecule has 1 aliphatic heterocycles. The van der Waals surface area contributed by atoms with Crippen molar-refractivity contribution in [1.29, 1.82) is 0 Å². The molecule has 2 heteroatoms. The summed E-state index contributed by atoms with van der Waals surface area (Å²) in [6, 6.07) is 0.825. The molecule has 54 valence electrons. The van der Waals surface area contributed by atoms with E-state index in [1.807, 2.05) is 11.0 Å². The number of β-lactam (4-membered cyclic amide) rings is 1. The molecular formula is C8H11NO. The van der Waals surface area contributed by atoms with Crippen molar-refractivity contribution in [2.24, 2.45) is 5.92 Å². The molecule has 10 heavy (non-hydrogen) atoms. The van der Waals surface area contributed by atoms with Crippen molar-refractivity contribution >= 4 is 5.91 Å². The molecule has 0 spiro atoms. The summed E-state index contributed by atoms with van der Waals surface area (Å²) < 4.78 is 0. The van der Waals surface area contributed by atoms with Crippen LogP contribution in [0.2, 0.25) is 0 Å². The van der Waals surface area contributed by atoms with E-state index in [1.165, 1.54) is 0 Å². The summed E-state index contributed by atoms with van der Waals surface area (Å²) in [6.45, 7) is 4.11. The van der Waals surface area contributed by atoms with Gasteiger partial charge in [0.15, 0.2) is 0 Å². The number of nitrogens with zero attached hydrogens (tertiary/aromatic N) is 1. The fourth-order valence-corrected chi connectivity index (χ4v) is 1.65. The topological polar surface area (TPSA) is 20.3 Å². The molecule has 1 saturated heterocycles. The SMILES string of the molecule is CC(C)N1C(=O)[C@@H]2C=C[C@@H]21. The molecule has 0 aromatic heterocycles. The monoisotopic (exact) mass is 137 g/mol. The van der Waals surface area contributed by atoms with Crippen LogP contribution in [0, 0.1) is 5.92 Å². The van der Waals surface area contributed by atoms with Gasteiger partial charge in [-0.2, -0.15) is 0 Å². The van der Waals surface area contributed by atoms with Gasteiger partial charge in [-0.25, -0.2) is 0 Å². The second-order valence-corrected chi connectivity index (χ2v) is 3.24. The van der Waals surface area contributed by atoms with E-state index >= 15 is 0 Å². The van der Waals surface area contributed by atoms with Gasteiger partial charge in [0.1, 0.15) is 0 Å². The maximum Gasteiger partial charge on any atom is 0.232 e. The lowest BCUT2D eigenvalue weighted by atomic mass is 9.77. The molecular weight excluding hydrogens is 126 g/mol. The maximum absolute atomic E-state index is 11.1.